The van der Waals surface area contributed by atoms with Crippen molar-refractivity contribution in [2.24, 2.45) is 11.8 Å². The molecule has 0 aromatic carbocycles. The average Bonchev–Trinajstić information content (AvgIpc) is 2.34. The first-order valence-electron chi connectivity index (χ1n) is 6.15. The lowest BCUT2D eigenvalue weighted by molar-refractivity contribution is 0.0394. The van der Waals surface area contributed by atoms with Gasteiger partial charge in [0, 0.05) is 43.3 Å². The Morgan fingerprint density at radius 3 is 2.81 bits per heavy atom. The Labute approximate surface area is 102 Å². The Hall–Kier alpha value is 0.190. The van der Waals surface area contributed by atoms with E-state index < -0.39 is 0 Å². The predicted molar refractivity (Wildman–Crippen MR) is 68.4 cm³/mol. The van der Waals surface area contributed by atoms with Crippen molar-refractivity contribution in [3.05, 3.63) is 0 Å². The third kappa shape index (κ3) is 2.90. The SMILES string of the molecule is CN1CCSCC1C(NN)C1CCOCC1. The lowest BCUT2D eigenvalue weighted by atomic mass is 9.87. The van der Waals surface area contributed by atoms with Gasteiger partial charge in [-0.2, -0.15) is 11.8 Å². The molecule has 2 rings (SSSR count). The van der Waals surface area contributed by atoms with E-state index in [9.17, 15) is 0 Å². The molecule has 2 fully saturated rings. The second-order valence-corrected chi connectivity index (χ2v) is 5.91. The van der Waals surface area contributed by atoms with Gasteiger partial charge < -0.3 is 9.64 Å². The lowest BCUT2D eigenvalue weighted by Gasteiger charge is -2.41. The molecule has 94 valence electrons. The number of nitrogens with one attached hydrogen (secondary N) is 1. The second-order valence-electron chi connectivity index (χ2n) is 4.77. The molecule has 16 heavy (non-hydrogen) atoms. The molecular weight excluding hydrogens is 222 g/mol. The summed E-state index contributed by atoms with van der Waals surface area (Å²) >= 11 is 2.05. The maximum absolute atomic E-state index is 5.77. The molecule has 5 heteroatoms. The van der Waals surface area contributed by atoms with E-state index in [0.29, 0.717) is 18.0 Å². The highest BCUT2D eigenvalue weighted by molar-refractivity contribution is 7.99. The van der Waals surface area contributed by atoms with Crippen molar-refractivity contribution in [3.8, 4) is 0 Å². The van der Waals surface area contributed by atoms with Crippen LogP contribution in [0.5, 0.6) is 0 Å². The zero-order valence-corrected chi connectivity index (χ0v) is 10.8. The normalized spacial score (nSPS) is 31.5. The molecule has 0 spiro atoms. The Morgan fingerprint density at radius 2 is 2.19 bits per heavy atom. The summed E-state index contributed by atoms with van der Waals surface area (Å²) in [6.45, 7) is 2.97. The Morgan fingerprint density at radius 1 is 1.44 bits per heavy atom. The minimum atomic E-state index is 0.418. The summed E-state index contributed by atoms with van der Waals surface area (Å²) < 4.78 is 5.42. The van der Waals surface area contributed by atoms with Crippen LogP contribution in [0.1, 0.15) is 12.8 Å². The number of hydrogen-bond donors (Lipinski definition) is 2. The molecule has 2 unspecified atom stereocenters. The number of nitrogens with two attached hydrogens (primary N) is 1. The molecule has 4 nitrogen and oxygen atoms in total. The summed E-state index contributed by atoms with van der Waals surface area (Å²) in [7, 11) is 2.22. The van der Waals surface area contributed by atoms with Crippen LogP contribution in [0, 0.1) is 5.92 Å². The molecule has 3 N–H and O–H groups in total. The number of hydrogen-bond acceptors (Lipinski definition) is 5. The van der Waals surface area contributed by atoms with Crippen molar-refractivity contribution in [2.45, 2.75) is 24.9 Å². The van der Waals surface area contributed by atoms with Gasteiger partial charge >= 0.3 is 0 Å². The Kier molecular flexibility index (Phi) is 4.91. The van der Waals surface area contributed by atoms with Gasteiger partial charge in [0.25, 0.3) is 0 Å². The first-order chi connectivity index (χ1) is 7.83. The molecule has 0 aromatic rings. The van der Waals surface area contributed by atoms with E-state index in [0.717, 1.165) is 26.1 Å². The van der Waals surface area contributed by atoms with Crippen molar-refractivity contribution < 1.29 is 4.74 Å². The third-order valence-corrected chi connectivity index (χ3v) is 4.87. The molecule has 2 saturated heterocycles. The van der Waals surface area contributed by atoms with Gasteiger partial charge in [-0.25, -0.2) is 0 Å². The van der Waals surface area contributed by atoms with Crippen LogP contribution in [0.4, 0.5) is 0 Å². The molecule has 0 amide bonds. The molecular formula is C11H23N3OS. The highest BCUT2D eigenvalue weighted by atomic mass is 32.2. The maximum Gasteiger partial charge on any atom is 0.0469 e. The fraction of sp³-hybridized carbons (Fsp3) is 1.00. The summed E-state index contributed by atoms with van der Waals surface area (Å²) in [4.78, 5) is 2.45. The van der Waals surface area contributed by atoms with Crippen LogP contribution < -0.4 is 11.3 Å². The van der Waals surface area contributed by atoms with E-state index in [1.165, 1.54) is 18.1 Å². The van der Waals surface area contributed by atoms with Crippen molar-refractivity contribution in [2.75, 3.05) is 38.3 Å². The number of thioether (sulfide) groups is 1. The van der Waals surface area contributed by atoms with Gasteiger partial charge in [-0.3, -0.25) is 11.3 Å². The molecule has 0 aromatic heterocycles. The van der Waals surface area contributed by atoms with Gasteiger partial charge in [0.15, 0.2) is 0 Å². The van der Waals surface area contributed by atoms with E-state index in [2.05, 4.69) is 17.4 Å². The highest BCUT2D eigenvalue weighted by Gasteiger charge is 2.33. The van der Waals surface area contributed by atoms with Crippen LogP contribution in [-0.2, 0) is 4.74 Å². The van der Waals surface area contributed by atoms with E-state index in [4.69, 9.17) is 10.6 Å². The summed E-state index contributed by atoms with van der Waals surface area (Å²) in [6.07, 6.45) is 2.29. The van der Waals surface area contributed by atoms with E-state index in [1.54, 1.807) is 0 Å². The molecule has 0 saturated carbocycles. The van der Waals surface area contributed by atoms with Crippen LogP contribution >= 0.6 is 11.8 Å². The zero-order valence-electron chi connectivity index (χ0n) is 10.0. The zero-order chi connectivity index (χ0) is 11.4. The quantitative estimate of drug-likeness (QED) is 0.553. The van der Waals surface area contributed by atoms with Crippen LogP contribution in [0.2, 0.25) is 0 Å². The molecule has 0 aliphatic carbocycles. The van der Waals surface area contributed by atoms with Crippen LogP contribution in [0.25, 0.3) is 0 Å². The first kappa shape index (κ1) is 12.6. The topological polar surface area (TPSA) is 50.5 Å². The van der Waals surface area contributed by atoms with E-state index >= 15 is 0 Å². The smallest absolute Gasteiger partial charge is 0.0469 e. The van der Waals surface area contributed by atoms with Gasteiger partial charge in [0.2, 0.25) is 0 Å². The lowest BCUT2D eigenvalue weighted by Crippen LogP contribution is -2.58. The number of ether oxygens (including phenoxy) is 1. The minimum Gasteiger partial charge on any atom is -0.381 e. The van der Waals surface area contributed by atoms with E-state index in [1.807, 2.05) is 11.8 Å². The monoisotopic (exact) mass is 245 g/mol. The van der Waals surface area contributed by atoms with Crippen LogP contribution in [0.15, 0.2) is 0 Å². The number of hydrazine groups is 1. The van der Waals surface area contributed by atoms with Crippen molar-refractivity contribution >= 4 is 11.8 Å². The van der Waals surface area contributed by atoms with Crippen LogP contribution in [-0.4, -0.2) is 55.3 Å². The molecule has 2 atom stereocenters. The van der Waals surface area contributed by atoms with Crippen molar-refractivity contribution in [3.63, 3.8) is 0 Å². The number of nitrogens with zero attached hydrogens (tertiary/aromatic N) is 1. The third-order valence-electron chi connectivity index (χ3n) is 3.82. The summed E-state index contributed by atoms with van der Waals surface area (Å²) in [5, 5.41) is 0. The molecule has 2 aliphatic rings. The van der Waals surface area contributed by atoms with Gasteiger partial charge in [-0.05, 0) is 25.8 Å². The molecule has 2 aliphatic heterocycles. The molecule has 0 radical (unpaired) electrons. The summed E-state index contributed by atoms with van der Waals surface area (Å²) in [5.41, 5.74) is 3.06. The Balaban J connectivity index is 1.96. The van der Waals surface area contributed by atoms with Gasteiger partial charge in [0.05, 0.1) is 0 Å². The molecule has 2 heterocycles. The van der Waals surface area contributed by atoms with Gasteiger partial charge in [-0.15, -0.1) is 0 Å². The largest absolute Gasteiger partial charge is 0.381 e. The fourth-order valence-electron chi connectivity index (χ4n) is 2.72. The maximum atomic E-state index is 5.77. The predicted octanol–water partition coefficient (Wildman–Crippen LogP) is 0.292. The minimum absolute atomic E-state index is 0.418. The summed E-state index contributed by atoms with van der Waals surface area (Å²) in [6, 6.07) is 0.994. The standard InChI is InChI=1S/C11H23N3OS/c1-14-4-7-16-8-10(14)11(13-12)9-2-5-15-6-3-9/h9-11,13H,2-8,12H2,1H3. The van der Waals surface area contributed by atoms with Gasteiger partial charge in [-0.1, -0.05) is 0 Å². The van der Waals surface area contributed by atoms with Crippen molar-refractivity contribution in [1.29, 1.82) is 0 Å². The molecule has 0 bridgehead atoms. The Bertz CT molecular complexity index is 211. The van der Waals surface area contributed by atoms with E-state index in [-0.39, 0.29) is 0 Å². The summed E-state index contributed by atoms with van der Waals surface area (Å²) in [5.74, 6) is 8.89. The second kappa shape index (κ2) is 6.21. The number of likely N-dealkylation sites (N-methyl/N-ethyl adjacent to an activating group) is 1. The van der Waals surface area contributed by atoms with Crippen LogP contribution in [0.3, 0.4) is 0 Å². The first-order valence-corrected chi connectivity index (χ1v) is 7.30. The van der Waals surface area contributed by atoms with Gasteiger partial charge in [0.1, 0.15) is 0 Å². The van der Waals surface area contributed by atoms with Crippen molar-refractivity contribution in [1.82, 2.24) is 10.3 Å². The number of rotatable bonds is 3. The average molecular weight is 245 g/mol. The fourth-order valence-corrected chi connectivity index (χ4v) is 4.01. The highest BCUT2D eigenvalue weighted by Crippen LogP contribution is 2.26.